The Morgan fingerprint density at radius 2 is 1.75 bits per heavy atom. The van der Waals surface area contributed by atoms with Crippen LogP contribution in [0.3, 0.4) is 0 Å². The molecule has 0 bridgehead atoms. The zero-order valence-electron chi connectivity index (χ0n) is 11.4. The SMILES string of the molecule is C1=NN(c2ccccc2)C2c3ccccc3CCCC12. The van der Waals surface area contributed by atoms with Gasteiger partial charge >= 0.3 is 0 Å². The number of fused-ring (bicyclic) bond motifs is 3. The molecule has 0 radical (unpaired) electrons. The van der Waals surface area contributed by atoms with Crippen LogP contribution >= 0.6 is 0 Å². The van der Waals surface area contributed by atoms with E-state index in [0.717, 1.165) is 0 Å². The van der Waals surface area contributed by atoms with Gasteiger partial charge in [-0.25, -0.2) is 0 Å². The molecule has 1 aliphatic heterocycles. The van der Waals surface area contributed by atoms with Crippen molar-refractivity contribution in [2.24, 2.45) is 11.0 Å². The first-order valence-corrected chi connectivity index (χ1v) is 7.40. The lowest BCUT2D eigenvalue weighted by Gasteiger charge is -2.28. The largest absolute Gasteiger partial charge is 0.258 e. The molecule has 2 unspecified atom stereocenters. The van der Waals surface area contributed by atoms with Gasteiger partial charge in [0.25, 0.3) is 0 Å². The first kappa shape index (κ1) is 11.7. The second-order valence-corrected chi connectivity index (χ2v) is 5.64. The van der Waals surface area contributed by atoms with E-state index in [1.54, 1.807) is 0 Å². The number of rotatable bonds is 1. The molecular weight excluding hydrogens is 244 g/mol. The van der Waals surface area contributed by atoms with Crippen LogP contribution in [0.15, 0.2) is 59.7 Å². The van der Waals surface area contributed by atoms with Crippen LogP contribution in [0.2, 0.25) is 0 Å². The fraction of sp³-hybridized carbons (Fsp3) is 0.278. The zero-order chi connectivity index (χ0) is 13.4. The molecule has 1 heterocycles. The molecule has 2 nitrogen and oxygen atoms in total. The third-order valence-electron chi connectivity index (χ3n) is 4.43. The van der Waals surface area contributed by atoms with E-state index in [0.29, 0.717) is 12.0 Å². The Morgan fingerprint density at radius 1 is 0.950 bits per heavy atom. The Labute approximate surface area is 119 Å². The highest BCUT2D eigenvalue weighted by molar-refractivity contribution is 5.71. The Balaban J connectivity index is 1.80. The van der Waals surface area contributed by atoms with Crippen molar-refractivity contribution >= 4 is 11.9 Å². The molecule has 0 N–H and O–H groups in total. The molecular formula is C18H18N2. The Bertz CT molecular complexity index is 633. The monoisotopic (exact) mass is 262 g/mol. The van der Waals surface area contributed by atoms with Crippen LogP contribution < -0.4 is 5.01 Å². The van der Waals surface area contributed by atoms with E-state index in [9.17, 15) is 0 Å². The lowest BCUT2D eigenvalue weighted by Crippen LogP contribution is -2.23. The van der Waals surface area contributed by atoms with Crippen LogP contribution in [-0.4, -0.2) is 6.21 Å². The minimum atomic E-state index is 0.371. The van der Waals surface area contributed by atoms with E-state index in [4.69, 9.17) is 5.10 Å². The first-order valence-electron chi connectivity index (χ1n) is 7.40. The summed E-state index contributed by atoms with van der Waals surface area (Å²) in [6.45, 7) is 0. The summed E-state index contributed by atoms with van der Waals surface area (Å²) in [6, 6.07) is 19.8. The van der Waals surface area contributed by atoms with Gasteiger partial charge in [-0.2, -0.15) is 5.10 Å². The van der Waals surface area contributed by atoms with Crippen molar-refractivity contribution in [3.63, 3.8) is 0 Å². The molecule has 2 aromatic rings. The summed E-state index contributed by atoms with van der Waals surface area (Å²) in [5.74, 6) is 0.541. The number of benzene rings is 2. The molecule has 2 atom stereocenters. The molecule has 0 aromatic heterocycles. The highest BCUT2D eigenvalue weighted by atomic mass is 15.5. The van der Waals surface area contributed by atoms with Gasteiger partial charge in [-0.15, -0.1) is 0 Å². The predicted molar refractivity (Wildman–Crippen MR) is 83.0 cm³/mol. The summed E-state index contributed by atoms with van der Waals surface area (Å²) in [5.41, 5.74) is 4.13. The number of hydrogen-bond acceptors (Lipinski definition) is 2. The maximum atomic E-state index is 4.70. The van der Waals surface area contributed by atoms with E-state index < -0.39 is 0 Å². The molecule has 0 fully saturated rings. The smallest absolute Gasteiger partial charge is 0.0856 e. The summed E-state index contributed by atoms with van der Waals surface area (Å²) in [7, 11) is 0. The molecule has 100 valence electrons. The van der Waals surface area contributed by atoms with E-state index in [1.165, 1.54) is 36.1 Å². The highest BCUT2D eigenvalue weighted by Gasteiger charge is 2.35. The molecule has 0 saturated heterocycles. The topological polar surface area (TPSA) is 15.6 Å². The quantitative estimate of drug-likeness (QED) is 0.752. The molecule has 4 rings (SSSR count). The van der Waals surface area contributed by atoms with Crippen LogP contribution in [0.5, 0.6) is 0 Å². The Morgan fingerprint density at radius 3 is 2.65 bits per heavy atom. The molecule has 20 heavy (non-hydrogen) atoms. The van der Waals surface area contributed by atoms with Gasteiger partial charge in [0.2, 0.25) is 0 Å². The molecule has 2 aromatic carbocycles. The molecule has 0 saturated carbocycles. The van der Waals surface area contributed by atoms with Crippen LogP contribution in [0.4, 0.5) is 5.69 Å². The van der Waals surface area contributed by atoms with Gasteiger partial charge in [0, 0.05) is 12.1 Å². The maximum Gasteiger partial charge on any atom is 0.0856 e. The van der Waals surface area contributed by atoms with Gasteiger partial charge in [0.15, 0.2) is 0 Å². The van der Waals surface area contributed by atoms with E-state index in [-0.39, 0.29) is 0 Å². The highest BCUT2D eigenvalue weighted by Crippen LogP contribution is 2.42. The first-order chi connectivity index (χ1) is 9.93. The van der Waals surface area contributed by atoms with Gasteiger partial charge in [0.1, 0.15) is 0 Å². The zero-order valence-corrected chi connectivity index (χ0v) is 11.4. The van der Waals surface area contributed by atoms with Crippen molar-refractivity contribution in [2.75, 3.05) is 5.01 Å². The van der Waals surface area contributed by atoms with Gasteiger partial charge in [-0.1, -0.05) is 42.5 Å². The standard InChI is InChI=1S/C18H18N2/c1-2-10-16(11-3-1)20-18-15(13-19-20)9-6-8-14-7-4-5-12-17(14)18/h1-5,7,10-13,15,18H,6,8-9H2. The molecule has 0 spiro atoms. The van der Waals surface area contributed by atoms with Gasteiger partial charge in [0.05, 0.1) is 11.7 Å². The Kier molecular flexibility index (Phi) is 2.80. The second kappa shape index (κ2) is 4.78. The number of hydrogen-bond donors (Lipinski definition) is 0. The minimum absolute atomic E-state index is 0.371. The predicted octanol–water partition coefficient (Wildman–Crippen LogP) is 4.19. The van der Waals surface area contributed by atoms with Crippen LogP contribution in [0.25, 0.3) is 0 Å². The maximum absolute atomic E-state index is 4.70. The Hall–Kier alpha value is -2.09. The summed E-state index contributed by atoms with van der Waals surface area (Å²) in [4.78, 5) is 0. The second-order valence-electron chi connectivity index (χ2n) is 5.64. The van der Waals surface area contributed by atoms with Crippen molar-refractivity contribution < 1.29 is 0 Å². The minimum Gasteiger partial charge on any atom is -0.258 e. The summed E-state index contributed by atoms with van der Waals surface area (Å²) in [6.07, 6.45) is 5.83. The van der Waals surface area contributed by atoms with Gasteiger partial charge < -0.3 is 0 Å². The lowest BCUT2D eigenvalue weighted by molar-refractivity contribution is 0.525. The number of anilines is 1. The average Bonchev–Trinajstić information content (AvgIpc) is 2.84. The number of nitrogens with zero attached hydrogens (tertiary/aromatic N) is 2. The van der Waals surface area contributed by atoms with E-state index >= 15 is 0 Å². The van der Waals surface area contributed by atoms with Crippen molar-refractivity contribution in [2.45, 2.75) is 25.3 Å². The van der Waals surface area contributed by atoms with Gasteiger partial charge in [-0.3, -0.25) is 5.01 Å². The van der Waals surface area contributed by atoms with Crippen molar-refractivity contribution in [3.05, 3.63) is 65.7 Å². The fourth-order valence-electron chi connectivity index (χ4n) is 3.47. The molecule has 0 amide bonds. The normalized spacial score (nSPS) is 24.1. The van der Waals surface area contributed by atoms with E-state index in [2.05, 4.69) is 65.8 Å². The summed E-state index contributed by atoms with van der Waals surface area (Å²) >= 11 is 0. The van der Waals surface area contributed by atoms with Crippen molar-refractivity contribution in [1.29, 1.82) is 0 Å². The molecule has 1 aliphatic carbocycles. The van der Waals surface area contributed by atoms with Crippen molar-refractivity contribution in [1.82, 2.24) is 0 Å². The number of aryl methyl sites for hydroxylation is 1. The van der Waals surface area contributed by atoms with E-state index in [1.807, 2.05) is 0 Å². The van der Waals surface area contributed by atoms with Gasteiger partial charge in [-0.05, 0) is 42.5 Å². The summed E-state index contributed by atoms with van der Waals surface area (Å²) in [5, 5.41) is 6.90. The molecule has 2 aliphatic rings. The van der Waals surface area contributed by atoms with Crippen LogP contribution in [0, 0.1) is 5.92 Å². The lowest BCUT2D eigenvalue weighted by atomic mass is 9.92. The number of para-hydroxylation sites is 1. The number of hydrazone groups is 1. The third-order valence-corrected chi connectivity index (χ3v) is 4.43. The van der Waals surface area contributed by atoms with Crippen LogP contribution in [-0.2, 0) is 6.42 Å². The van der Waals surface area contributed by atoms with Crippen molar-refractivity contribution in [3.8, 4) is 0 Å². The fourth-order valence-corrected chi connectivity index (χ4v) is 3.47. The average molecular weight is 262 g/mol. The summed E-state index contributed by atoms with van der Waals surface area (Å²) < 4.78 is 0. The van der Waals surface area contributed by atoms with Crippen LogP contribution in [0.1, 0.15) is 30.0 Å². The third kappa shape index (κ3) is 1.83. The molecule has 2 heteroatoms.